The molecule has 0 aliphatic heterocycles. The van der Waals surface area contributed by atoms with E-state index in [9.17, 15) is 4.79 Å². The van der Waals surface area contributed by atoms with Crippen LogP contribution in [-0.4, -0.2) is 11.1 Å². The van der Waals surface area contributed by atoms with Crippen LogP contribution in [0.2, 0.25) is 0 Å². The first-order valence-electron chi connectivity index (χ1n) is 3.66. The monoisotopic (exact) mass is 186 g/mol. The second-order valence-electron chi connectivity index (χ2n) is 3.55. The smallest absolute Gasteiger partial charge is 0.412 e. The van der Waals surface area contributed by atoms with E-state index >= 15 is 0 Å². The molecular formula is C8H12NO2S+. The van der Waals surface area contributed by atoms with Gasteiger partial charge in [-0.1, -0.05) is 11.3 Å². The molecule has 3 nitrogen and oxygen atoms in total. The minimum Gasteiger partial charge on any atom is -0.473 e. The minimum absolute atomic E-state index is 0.159. The fraction of sp³-hybridized carbons (Fsp3) is 0.500. The summed E-state index contributed by atoms with van der Waals surface area (Å²) in [6, 6.07) is 0. The third-order valence-electron chi connectivity index (χ3n) is 1.51. The van der Waals surface area contributed by atoms with Crippen LogP contribution in [0, 0.1) is 0 Å². The Balaban J connectivity index is 3.17. The molecule has 0 aliphatic carbocycles. The SMILES string of the molecule is CC(C)(C)[n+]1ccsc1C(=O)O. The first-order chi connectivity index (χ1) is 5.43. The van der Waals surface area contributed by atoms with Gasteiger partial charge in [-0.25, -0.2) is 4.79 Å². The van der Waals surface area contributed by atoms with Crippen LogP contribution in [0.3, 0.4) is 0 Å². The minimum atomic E-state index is -0.861. The van der Waals surface area contributed by atoms with Crippen molar-refractivity contribution >= 4 is 17.3 Å². The highest BCUT2D eigenvalue weighted by atomic mass is 32.1. The van der Waals surface area contributed by atoms with Gasteiger partial charge in [0, 0.05) is 20.8 Å². The van der Waals surface area contributed by atoms with E-state index in [2.05, 4.69) is 0 Å². The van der Waals surface area contributed by atoms with E-state index in [1.54, 1.807) is 16.1 Å². The van der Waals surface area contributed by atoms with Crippen LogP contribution < -0.4 is 4.57 Å². The van der Waals surface area contributed by atoms with Crippen molar-refractivity contribution in [3.05, 3.63) is 16.6 Å². The van der Waals surface area contributed by atoms with Gasteiger partial charge < -0.3 is 5.11 Å². The van der Waals surface area contributed by atoms with E-state index in [1.165, 1.54) is 11.3 Å². The van der Waals surface area contributed by atoms with Crippen LogP contribution in [0.15, 0.2) is 11.6 Å². The van der Waals surface area contributed by atoms with Gasteiger partial charge in [0.25, 0.3) is 0 Å². The number of carbonyl (C=O) groups is 1. The molecule has 0 saturated carbocycles. The predicted octanol–water partition coefficient (Wildman–Crippen LogP) is 1.49. The first-order valence-corrected chi connectivity index (χ1v) is 4.54. The summed E-state index contributed by atoms with van der Waals surface area (Å²) in [5.74, 6) is -0.861. The number of hydrogen-bond donors (Lipinski definition) is 1. The largest absolute Gasteiger partial charge is 0.473 e. The van der Waals surface area contributed by atoms with Gasteiger partial charge in [0.15, 0.2) is 11.7 Å². The molecule has 12 heavy (non-hydrogen) atoms. The van der Waals surface area contributed by atoms with Crippen molar-refractivity contribution in [2.24, 2.45) is 0 Å². The van der Waals surface area contributed by atoms with Crippen LogP contribution in [0.25, 0.3) is 0 Å². The molecule has 0 fully saturated rings. The van der Waals surface area contributed by atoms with Crippen molar-refractivity contribution in [2.45, 2.75) is 26.3 Å². The Morgan fingerprint density at radius 1 is 1.58 bits per heavy atom. The maximum atomic E-state index is 10.7. The second-order valence-corrected chi connectivity index (χ2v) is 4.45. The normalized spacial score (nSPS) is 11.6. The van der Waals surface area contributed by atoms with Crippen LogP contribution >= 0.6 is 11.3 Å². The summed E-state index contributed by atoms with van der Waals surface area (Å²) in [7, 11) is 0. The number of carboxylic acid groups (broad SMARTS) is 1. The van der Waals surface area contributed by atoms with Crippen LogP contribution in [0.1, 0.15) is 30.6 Å². The van der Waals surface area contributed by atoms with Crippen LogP contribution in [0.5, 0.6) is 0 Å². The lowest BCUT2D eigenvalue weighted by atomic mass is 10.1. The fourth-order valence-corrected chi connectivity index (χ4v) is 1.82. The van der Waals surface area contributed by atoms with E-state index in [1.807, 2.05) is 20.8 Å². The van der Waals surface area contributed by atoms with Crippen molar-refractivity contribution in [3.8, 4) is 0 Å². The summed E-state index contributed by atoms with van der Waals surface area (Å²) < 4.78 is 1.76. The molecule has 1 heterocycles. The van der Waals surface area contributed by atoms with Gasteiger partial charge in [-0.2, -0.15) is 4.57 Å². The van der Waals surface area contributed by atoms with Gasteiger partial charge in [0.2, 0.25) is 0 Å². The van der Waals surface area contributed by atoms with Crippen molar-refractivity contribution in [1.29, 1.82) is 0 Å². The predicted molar refractivity (Wildman–Crippen MR) is 46.5 cm³/mol. The molecule has 1 aromatic rings. The van der Waals surface area contributed by atoms with Crippen LogP contribution in [0.4, 0.5) is 0 Å². The summed E-state index contributed by atoms with van der Waals surface area (Å²) in [6.07, 6.45) is 1.80. The highest BCUT2D eigenvalue weighted by Gasteiger charge is 2.30. The third-order valence-corrected chi connectivity index (χ3v) is 2.37. The number of nitrogens with zero attached hydrogens (tertiary/aromatic N) is 1. The fourth-order valence-electron chi connectivity index (χ4n) is 0.962. The van der Waals surface area contributed by atoms with Gasteiger partial charge >= 0.3 is 11.0 Å². The van der Waals surface area contributed by atoms with Crippen molar-refractivity contribution in [3.63, 3.8) is 0 Å². The summed E-state index contributed by atoms with van der Waals surface area (Å²) in [6.45, 7) is 5.94. The highest BCUT2D eigenvalue weighted by Crippen LogP contribution is 2.10. The van der Waals surface area contributed by atoms with Crippen molar-refractivity contribution in [1.82, 2.24) is 0 Å². The molecule has 1 rings (SSSR count). The lowest BCUT2D eigenvalue weighted by molar-refractivity contribution is -0.751. The Hall–Kier alpha value is -0.900. The Labute approximate surface area is 75.3 Å². The lowest BCUT2D eigenvalue weighted by Gasteiger charge is -2.10. The quantitative estimate of drug-likeness (QED) is 0.675. The van der Waals surface area contributed by atoms with E-state index in [0.717, 1.165) is 0 Å². The third kappa shape index (κ3) is 1.64. The summed E-state index contributed by atoms with van der Waals surface area (Å²) in [5.41, 5.74) is -0.159. The molecule has 1 aromatic heterocycles. The van der Waals surface area contributed by atoms with E-state index in [4.69, 9.17) is 5.11 Å². The Kier molecular flexibility index (Phi) is 2.19. The Morgan fingerprint density at radius 2 is 2.17 bits per heavy atom. The zero-order valence-corrected chi connectivity index (χ0v) is 8.18. The molecule has 0 amide bonds. The Bertz CT molecular complexity index is 298. The molecule has 0 unspecified atom stereocenters. The standard InChI is InChI=1S/C8H11NO2S/c1-8(2,3)9-4-5-12-6(9)7(10)11/h4-5H,1-3H3/p+1. The van der Waals surface area contributed by atoms with Crippen molar-refractivity contribution in [2.75, 3.05) is 0 Å². The van der Waals surface area contributed by atoms with E-state index in [0.29, 0.717) is 5.01 Å². The number of aromatic nitrogens is 1. The van der Waals surface area contributed by atoms with Gasteiger partial charge in [-0.3, -0.25) is 0 Å². The lowest BCUT2D eigenvalue weighted by Crippen LogP contribution is -2.52. The van der Waals surface area contributed by atoms with Crippen LogP contribution in [-0.2, 0) is 5.54 Å². The molecule has 0 saturated heterocycles. The summed E-state index contributed by atoms with van der Waals surface area (Å²) in [4.78, 5) is 10.7. The summed E-state index contributed by atoms with van der Waals surface area (Å²) in [5, 5.41) is 11.0. The zero-order chi connectivity index (χ0) is 9.35. The van der Waals surface area contributed by atoms with Crippen molar-refractivity contribution < 1.29 is 14.5 Å². The highest BCUT2D eigenvalue weighted by molar-refractivity contribution is 7.11. The molecule has 0 atom stereocenters. The Morgan fingerprint density at radius 3 is 2.50 bits per heavy atom. The maximum absolute atomic E-state index is 10.7. The molecule has 66 valence electrons. The number of thiazole rings is 1. The molecule has 0 spiro atoms. The van der Waals surface area contributed by atoms with E-state index in [-0.39, 0.29) is 5.54 Å². The summed E-state index contributed by atoms with van der Waals surface area (Å²) >= 11 is 1.25. The topological polar surface area (TPSA) is 41.2 Å². The molecule has 4 heteroatoms. The average molecular weight is 186 g/mol. The van der Waals surface area contributed by atoms with Gasteiger partial charge in [0.05, 0.1) is 5.38 Å². The molecule has 0 bridgehead atoms. The van der Waals surface area contributed by atoms with Gasteiger partial charge in [-0.05, 0) is 0 Å². The zero-order valence-electron chi connectivity index (χ0n) is 7.37. The number of aromatic carboxylic acids is 1. The molecule has 0 radical (unpaired) electrons. The van der Waals surface area contributed by atoms with E-state index < -0.39 is 5.97 Å². The molecule has 1 N–H and O–H groups in total. The second kappa shape index (κ2) is 2.86. The molecule has 0 aliphatic rings. The molecule has 0 aromatic carbocycles. The first kappa shape index (κ1) is 9.19. The molecular weight excluding hydrogens is 174 g/mol. The number of rotatable bonds is 1. The van der Waals surface area contributed by atoms with Gasteiger partial charge in [-0.15, -0.1) is 0 Å². The maximum Gasteiger partial charge on any atom is 0.412 e. The number of hydrogen-bond acceptors (Lipinski definition) is 2. The van der Waals surface area contributed by atoms with Gasteiger partial charge in [0.1, 0.15) is 0 Å². The number of carboxylic acids is 1. The average Bonchev–Trinajstić information content (AvgIpc) is 2.30.